The summed E-state index contributed by atoms with van der Waals surface area (Å²) in [6.07, 6.45) is 2.68. The quantitative estimate of drug-likeness (QED) is 0.796. The van der Waals surface area contributed by atoms with E-state index in [2.05, 4.69) is 18.3 Å². The van der Waals surface area contributed by atoms with Crippen LogP contribution in [0, 0.1) is 0 Å². The molecular weight excluding hydrogens is 242 g/mol. The second-order valence-electron chi connectivity index (χ2n) is 3.86. The van der Waals surface area contributed by atoms with Crippen LogP contribution in [0.25, 0.3) is 0 Å². The van der Waals surface area contributed by atoms with Gasteiger partial charge in [0, 0.05) is 33.9 Å². The fourth-order valence-corrected chi connectivity index (χ4v) is 2.24. The van der Waals surface area contributed by atoms with E-state index in [9.17, 15) is 4.21 Å². The highest BCUT2D eigenvalue weighted by Crippen LogP contribution is 2.16. The normalized spacial score (nSPS) is 14.7. The standard InChI is InChI=1S/C12H18ClNOS/c1-10(14-7-4-8-16(2)15)11-5-3-6-12(13)9-11/h3,5-6,9-10,14H,4,7-8H2,1-2H3. The van der Waals surface area contributed by atoms with Crippen LogP contribution in [0.4, 0.5) is 0 Å². The Kier molecular flexibility index (Phi) is 6.03. The van der Waals surface area contributed by atoms with Crippen molar-refractivity contribution in [3.63, 3.8) is 0 Å². The minimum absolute atomic E-state index is 0.281. The summed E-state index contributed by atoms with van der Waals surface area (Å²) in [7, 11) is -0.690. The van der Waals surface area contributed by atoms with Gasteiger partial charge in [-0.25, -0.2) is 0 Å². The number of hydrogen-bond donors (Lipinski definition) is 1. The average Bonchev–Trinajstić information content (AvgIpc) is 2.24. The summed E-state index contributed by atoms with van der Waals surface area (Å²) < 4.78 is 10.9. The van der Waals surface area contributed by atoms with Gasteiger partial charge >= 0.3 is 0 Å². The topological polar surface area (TPSA) is 29.1 Å². The number of nitrogens with one attached hydrogen (secondary N) is 1. The molecule has 0 aliphatic rings. The molecule has 2 unspecified atom stereocenters. The summed E-state index contributed by atoms with van der Waals surface area (Å²) >= 11 is 5.92. The van der Waals surface area contributed by atoms with Crippen LogP contribution in [-0.4, -0.2) is 22.8 Å². The third-order valence-corrected chi connectivity index (χ3v) is 3.51. The minimum atomic E-state index is -0.690. The Balaban J connectivity index is 2.35. The van der Waals surface area contributed by atoms with Crippen LogP contribution >= 0.6 is 11.6 Å². The van der Waals surface area contributed by atoms with E-state index in [0.717, 1.165) is 23.7 Å². The molecule has 1 aromatic rings. The minimum Gasteiger partial charge on any atom is -0.310 e. The zero-order valence-corrected chi connectivity index (χ0v) is 11.3. The third-order valence-electron chi connectivity index (χ3n) is 2.41. The molecule has 2 atom stereocenters. The Hall–Kier alpha value is -0.380. The molecule has 0 fully saturated rings. The summed E-state index contributed by atoms with van der Waals surface area (Å²) in [5, 5.41) is 4.15. The smallest absolute Gasteiger partial charge is 0.0409 e. The molecule has 0 aliphatic carbocycles. The molecule has 0 aliphatic heterocycles. The molecule has 0 bridgehead atoms. The molecule has 4 heteroatoms. The number of halogens is 1. The monoisotopic (exact) mass is 259 g/mol. The lowest BCUT2D eigenvalue weighted by atomic mass is 10.1. The van der Waals surface area contributed by atoms with Gasteiger partial charge in [-0.05, 0) is 37.6 Å². The average molecular weight is 260 g/mol. The molecular formula is C12H18ClNOS. The van der Waals surface area contributed by atoms with E-state index in [1.807, 2.05) is 18.2 Å². The van der Waals surface area contributed by atoms with Crippen molar-refractivity contribution in [2.24, 2.45) is 0 Å². The van der Waals surface area contributed by atoms with Crippen molar-refractivity contribution < 1.29 is 4.21 Å². The molecule has 0 spiro atoms. The van der Waals surface area contributed by atoms with Crippen molar-refractivity contribution in [3.05, 3.63) is 34.9 Å². The fourth-order valence-electron chi connectivity index (χ4n) is 1.49. The maximum Gasteiger partial charge on any atom is 0.0409 e. The Morgan fingerprint density at radius 2 is 2.25 bits per heavy atom. The Labute approximate surface area is 105 Å². The number of hydrogen-bond acceptors (Lipinski definition) is 2. The van der Waals surface area contributed by atoms with Crippen LogP contribution in [0.1, 0.15) is 24.9 Å². The zero-order chi connectivity index (χ0) is 12.0. The third kappa shape index (κ3) is 5.10. The van der Waals surface area contributed by atoms with Crippen LogP contribution in [-0.2, 0) is 10.8 Å². The molecule has 1 aromatic carbocycles. The van der Waals surface area contributed by atoms with E-state index in [-0.39, 0.29) is 6.04 Å². The van der Waals surface area contributed by atoms with Crippen LogP contribution < -0.4 is 5.32 Å². The van der Waals surface area contributed by atoms with Crippen LogP contribution in [0.3, 0.4) is 0 Å². The van der Waals surface area contributed by atoms with Crippen LogP contribution in [0.5, 0.6) is 0 Å². The van der Waals surface area contributed by atoms with Crippen molar-refractivity contribution in [1.82, 2.24) is 5.32 Å². The lowest BCUT2D eigenvalue weighted by Crippen LogP contribution is -2.21. The summed E-state index contributed by atoms with van der Waals surface area (Å²) in [6.45, 7) is 2.99. The van der Waals surface area contributed by atoms with E-state index < -0.39 is 10.8 Å². The molecule has 0 saturated heterocycles. The molecule has 2 nitrogen and oxygen atoms in total. The second-order valence-corrected chi connectivity index (χ2v) is 5.85. The number of benzene rings is 1. The van der Waals surface area contributed by atoms with E-state index in [4.69, 9.17) is 11.6 Å². The van der Waals surface area contributed by atoms with Gasteiger partial charge in [0.25, 0.3) is 0 Å². The van der Waals surface area contributed by atoms with Gasteiger partial charge in [0.2, 0.25) is 0 Å². The van der Waals surface area contributed by atoms with Gasteiger partial charge in [-0.2, -0.15) is 0 Å². The molecule has 0 saturated carbocycles. The van der Waals surface area contributed by atoms with Crippen molar-refractivity contribution >= 4 is 22.4 Å². The summed E-state index contributed by atoms with van der Waals surface area (Å²) in [6, 6.07) is 8.14. The maximum atomic E-state index is 10.9. The van der Waals surface area contributed by atoms with E-state index in [0.29, 0.717) is 0 Å². The largest absolute Gasteiger partial charge is 0.310 e. The summed E-state index contributed by atoms with van der Waals surface area (Å²) in [4.78, 5) is 0. The van der Waals surface area contributed by atoms with E-state index in [1.165, 1.54) is 5.56 Å². The van der Waals surface area contributed by atoms with Crippen LogP contribution in [0.15, 0.2) is 24.3 Å². The molecule has 1 rings (SSSR count). The van der Waals surface area contributed by atoms with Crippen LogP contribution in [0.2, 0.25) is 5.02 Å². The first-order chi connectivity index (χ1) is 7.59. The van der Waals surface area contributed by atoms with Gasteiger partial charge < -0.3 is 5.32 Å². The van der Waals surface area contributed by atoms with Crippen molar-refractivity contribution in [1.29, 1.82) is 0 Å². The molecule has 1 N–H and O–H groups in total. The maximum absolute atomic E-state index is 10.9. The molecule has 0 amide bonds. The van der Waals surface area contributed by atoms with Gasteiger partial charge in [0.15, 0.2) is 0 Å². The lowest BCUT2D eigenvalue weighted by Gasteiger charge is -2.14. The van der Waals surface area contributed by atoms with E-state index >= 15 is 0 Å². The molecule has 0 radical (unpaired) electrons. The van der Waals surface area contributed by atoms with Gasteiger partial charge in [-0.1, -0.05) is 23.7 Å². The molecule has 16 heavy (non-hydrogen) atoms. The number of rotatable bonds is 6. The Morgan fingerprint density at radius 1 is 1.50 bits per heavy atom. The summed E-state index contributed by atoms with van der Waals surface area (Å²) in [5.41, 5.74) is 1.19. The predicted octanol–water partition coefficient (Wildman–Crippen LogP) is 2.76. The van der Waals surface area contributed by atoms with Gasteiger partial charge in [0.1, 0.15) is 0 Å². The Bertz CT molecular complexity index is 357. The second kappa shape index (κ2) is 7.05. The van der Waals surface area contributed by atoms with Gasteiger partial charge in [-0.15, -0.1) is 0 Å². The highest BCUT2D eigenvalue weighted by Gasteiger charge is 2.04. The Morgan fingerprint density at radius 3 is 2.88 bits per heavy atom. The van der Waals surface area contributed by atoms with Gasteiger partial charge in [-0.3, -0.25) is 4.21 Å². The van der Waals surface area contributed by atoms with Crippen molar-refractivity contribution in [2.75, 3.05) is 18.6 Å². The lowest BCUT2D eigenvalue weighted by molar-refractivity contribution is 0.570. The molecule has 90 valence electrons. The van der Waals surface area contributed by atoms with Crippen molar-refractivity contribution in [3.8, 4) is 0 Å². The first kappa shape index (κ1) is 13.7. The summed E-state index contributed by atoms with van der Waals surface area (Å²) in [5.74, 6) is 0.759. The first-order valence-corrected chi connectivity index (χ1v) is 7.49. The molecule has 0 heterocycles. The molecule has 0 aromatic heterocycles. The predicted molar refractivity (Wildman–Crippen MR) is 71.4 cm³/mol. The van der Waals surface area contributed by atoms with Gasteiger partial charge in [0.05, 0.1) is 0 Å². The van der Waals surface area contributed by atoms with Crippen molar-refractivity contribution in [2.45, 2.75) is 19.4 Å². The van der Waals surface area contributed by atoms with E-state index in [1.54, 1.807) is 6.26 Å². The highest BCUT2D eigenvalue weighted by atomic mass is 35.5. The first-order valence-electron chi connectivity index (χ1n) is 5.38. The zero-order valence-electron chi connectivity index (χ0n) is 9.70. The SMILES string of the molecule is CC(NCCCS(C)=O)c1cccc(Cl)c1. The fraction of sp³-hybridized carbons (Fsp3) is 0.500. The highest BCUT2D eigenvalue weighted by molar-refractivity contribution is 7.84.